The first kappa shape index (κ1) is 28.3. The second-order valence-electron chi connectivity index (χ2n) is 9.05. The topological polar surface area (TPSA) is 106 Å². The van der Waals surface area contributed by atoms with Crippen LogP contribution in [0.4, 0.5) is 5.69 Å². The van der Waals surface area contributed by atoms with Crippen molar-refractivity contribution in [2.75, 3.05) is 25.0 Å². The molecule has 5 rings (SSSR count). The molecule has 2 heterocycles. The number of pyridine rings is 1. The molecule has 1 fully saturated rings. The number of fused-ring (bicyclic) bond motifs is 1. The first-order chi connectivity index (χ1) is 19.1. The van der Waals surface area contributed by atoms with Gasteiger partial charge in [0.25, 0.3) is 5.91 Å². The van der Waals surface area contributed by atoms with E-state index in [1.54, 1.807) is 36.4 Å². The zero-order valence-electron chi connectivity index (χ0n) is 20.9. The Labute approximate surface area is 245 Å². The van der Waals surface area contributed by atoms with Crippen molar-refractivity contribution < 1.29 is 22.7 Å². The van der Waals surface area contributed by atoms with Gasteiger partial charge in [0.1, 0.15) is 0 Å². The van der Waals surface area contributed by atoms with Gasteiger partial charge in [0.2, 0.25) is 10.0 Å². The summed E-state index contributed by atoms with van der Waals surface area (Å²) in [5.41, 5.74) is 1.92. The molecular formula is C28H22Cl3N3O5S. The van der Waals surface area contributed by atoms with Crippen molar-refractivity contribution in [2.24, 2.45) is 0 Å². The van der Waals surface area contributed by atoms with Crippen LogP contribution in [0.25, 0.3) is 22.2 Å². The molecule has 12 heteroatoms. The fourth-order valence-electron chi connectivity index (χ4n) is 4.40. The van der Waals surface area contributed by atoms with Crippen LogP contribution in [0.15, 0.2) is 71.6 Å². The quantitative estimate of drug-likeness (QED) is 0.189. The maximum Gasteiger partial charge on any atom is 0.339 e. The number of amides is 1. The van der Waals surface area contributed by atoms with Gasteiger partial charge in [0, 0.05) is 29.7 Å². The lowest BCUT2D eigenvalue weighted by Crippen LogP contribution is -2.27. The predicted molar refractivity (Wildman–Crippen MR) is 156 cm³/mol. The summed E-state index contributed by atoms with van der Waals surface area (Å²) in [5, 5.41) is 3.78. The summed E-state index contributed by atoms with van der Waals surface area (Å²) in [6, 6.07) is 17.6. The second kappa shape index (κ2) is 11.7. The van der Waals surface area contributed by atoms with E-state index in [9.17, 15) is 18.0 Å². The molecule has 1 aromatic heterocycles. The minimum absolute atomic E-state index is 0.154. The summed E-state index contributed by atoms with van der Waals surface area (Å²) in [7, 11) is -3.56. The number of hydrogen-bond acceptors (Lipinski definition) is 6. The van der Waals surface area contributed by atoms with Crippen LogP contribution in [0.2, 0.25) is 15.1 Å². The minimum Gasteiger partial charge on any atom is -0.452 e. The van der Waals surface area contributed by atoms with Gasteiger partial charge < -0.3 is 10.1 Å². The molecule has 4 aromatic rings. The smallest absolute Gasteiger partial charge is 0.339 e. The van der Waals surface area contributed by atoms with Crippen LogP contribution in [-0.4, -0.2) is 49.3 Å². The maximum atomic E-state index is 13.1. The Morgan fingerprint density at radius 1 is 0.925 bits per heavy atom. The Morgan fingerprint density at radius 3 is 2.35 bits per heavy atom. The van der Waals surface area contributed by atoms with E-state index >= 15 is 0 Å². The van der Waals surface area contributed by atoms with Gasteiger partial charge in [0.05, 0.1) is 36.7 Å². The second-order valence-corrected chi connectivity index (χ2v) is 12.2. The fraction of sp³-hybridized carbons (Fsp3) is 0.179. The number of sulfonamides is 1. The van der Waals surface area contributed by atoms with Crippen LogP contribution in [0.3, 0.4) is 0 Å². The monoisotopic (exact) mass is 617 g/mol. The molecule has 0 bridgehead atoms. The van der Waals surface area contributed by atoms with Gasteiger partial charge in [-0.05, 0) is 61.4 Å². The van der Waals surface area contributed by atoms with E-state index in [2.05, 4.69) is 10.3 Å². The van der Waals surface area contributed by atoms with Crippen molar-refractivity contribution in [3.8, 4) is 11.3 Å². The Hall–Kier alpha value is -3.21. The van der Waals surface area contributed by atoms with E-state index < -0.39 is 28.5 Å². The lowest BCUT2D eigenvalue weighted by atomic mass is 10.0. The van der Waals surface area contributed by atoms with Crippen LogP contribution < -0.4 is 5.32 Å². The first-order valence-corrected chi connectivity index (χ1v) is 14.8. The maximum absolute atomic E-state index is 13.1. The van der Waals surface area contributed by atoms with Crippen molar-refractivity contribution in [1.29, 1.82) is 0 Å². The highest BCUT2D eigenvalue weighted by molar-refractivity contribution is 7.89. The SMILES string of the molecule is O=C(COC(=O)c1cc(-c2ccc(Cl)c(Cl)c2Cl)nc2ccccc12)Nc1ccc(S(=O)(=O)N2CCCC2)cc1. The van der Waals surface area contributed by atoms with Gasteiger partial charge in [-0.1, -0.05) is 53.0 Å². The molecule has 0 atom stereocenters. The molecule has 0 spiro atoms. The molecule has 40 heavy (non-hydrogen) atoms. The molecule has 1 aliphatic rings. The van der Waals surface area contributed by atoms with E-state index in [0.717, 1.165) is 12.8 Å². The number of ether oxygens (including phenoxy) is 1. The Bertz CT molecular complexity index is 1720. The number of anilines is 1. The summed E-state index contributed by atoms with van der Waals surface area (Å²) in [6.07, 6.45) is 1.68. The van der Waals surface area contributed by atoms with E-state index in [0.29, 0.717) is 40.9 Å². The molecule has 0 aliphatic carbocycles. The number of benzene rings is 3. The first-order valence-electron chi connectivity index (χ1n) is 12.3. The summed E-state index contributed by atoms with van der Waals surface area (Å²) >= 11 is 18.7. The summed E-state index contributed by atoms with van der Waals surface area (Å²) in [6.45, 7) is 0.439. The molecule has 8 nitrogen and oxygen atoms in total. The molecule has 0 unspecified atom stereocenters. The number of hydrogen-bond donors (Lipinski definition) is 1. The zero-order valence-corrected chi connectivity index (χ0v) is 23.9. The van der Waals surface area contributed by atoms with E-state index in [1.165, 1.54) is 34.6 Å². The van der Waals surface area contributed by atoms with Crippen molar-refractivity contribution in [3.05, 3.63) is 87.4 Å². The zero-order chi connectivity index (χ0) is 28.4. The Balaban J connectivity index is 1.30. The third kappa shape index (κ3) is 5.80. The highest BCUT2D eigenvalue weighted by Gasteiger charge is 2.27. The summed E-state index contributed by atoms with van der Waals surface area (Å²) in [4.78, 5) is 30.4. The number of carbonyl (C=O) groups excluding carboxylic acids is 2. The number of para-hydroxylation sites is 1. The molecule has 0 radical (unpaired) electrons. The number of carbonyl (C=O) groups is 2. The molecule has 1 amide bonds. The minimum atomic E-state index is -3.56. The van der Waals surface area contributed by atoms with Crippen LogP contribution in [0.5, 0.6) is 0 Å². The normalized spacial score (nSPS) is 13.9. The van der Waals surface area contributed by atoms with Gasteiger partial charge in [0.15, 0.2) is 6.61 Å². The lowest BCUT2D eigenvalue weighted by Gasteiger charge is -2.15. The molecular weight excluding hydrogens is 597 g/mol. The van der Waals surface area contributed by atoms with Gasteiger partial charge >= 0.3 is 5.97 Å². The van der Waals surface area contributed by atoms with Gasteiger partial charge in [-0.3, -0.25) is 4.79 Å². The van der Waals surface area contributed by atoms with E-state index in [-0.39, 0.29) is 25.5 Å². The number of esters is 1. The van der Waals surface area contributed by atoms with Crippen LogP contribution in [-0.2, 0) is 19.6 Å². The summed E-state index contributed by atoms with van der Waals surface area (Å²) < 4.78 is 32.2. The number of halogens is 3. The number of rotatable bonds is 7. The predicted octanol–water partition coefficient (Wildman–Crippen LogP) is 6.44. The number of aromatic nitrogens is 1. The van der Waals surface area contributed by atoms with Crippen molar-refractivity contribution >= 4 is 73.3 Å². The van der Waals surface area contributed by atoms with Crippen LogP contribution >= 0.6 is 34.8 Å². The van der Waals surface area contributed by atoms with Gasteiger partial charge in [-0.2, -0.15) is 4.31 Å². The Kier molecular flexibility index (Phi) is 8.30. The average Bonchev–Trinajstić information content (AvgIpc) is 3.51. The molecule has 206 valence electrons. The molecule has 1 N–H and O–H groups in total. The van der Waals surface area contributed by atoms with Crippen molar-refractivity contribution in [3.63, 3.8) is 0 Å². The summed E-state index contributed by atoms with van der Waals surface area (Å²) in [5.74, 6) is -1.33. The van der Waals surface area contributed by atoms with Crippen LogP contribution in [0.1, 0.15) is 23.2 Å². The standard InChI is InChI=1S/C28H22Cl3N3O5S/c29-22-12-11-20(26(30)27(22)31)24-15-21(19-5-1-2-6-23(19)33-24)28(36)39-16-25(35)32-17-7-9-18(10-8-17)40(37,38)34-13-3-4-14-34/h1-2,5-12,15H,3-4,13-14,16H2,(H,32,35). The molecule has 1 aliphatic heterocycles. The fourth-order valence-corrected chi connectivity index (χ4v) is 6.55. The lowest BCUT2D eigenvalue weighted by molar-refractivity contribution is -0.119. The highest BCUT2D eigenvalue weighted by atomic mass is 35.5. The number of nitrogens with zero attached hydrogens (tertiary/aromatic N) is 2. The molecule has 1 saturated heterocycles. The third-order valence-corrected chi connectivity index (χ3v) is 9.63. The number of nitrogens with one attached hydrogen (secondary N) is 1. The third-order valence-electron chi connectivity index (χ3n) is 6.42. The van der Waals surface area contributed by atoms with Gasteiger partial charge in [-0.15, -0.1) is 0 Å². The van der Waals surface area contributed by atoms with Crippen molar-refractivity contribution in [2.45, 2.75) is 17.7 Å². The average molecular weight is 619 g/mol. The van der Waals surface area contributed by atoms with Crippen molar-refractivity contribution in [1.82, 2.24) is 9.29 Å². The Morgan fingerprint density at radius 2 is 1.62 bits per heavy atom. The van der Waals surface area contributed by atoms with Crippen LogP contribution in [0, 0.1) is 0 Å². The van der Waals surface area contributed by atoms with E-state index in [4.69, 9.17) is 39.5 Å². The molecule has 3 aromatic carbocycles. The highest BCUT2D eigenvalue weighted by Crippen LogP contribution is 2.38. The van der Waals surface area contributed by atoms with E-state index in [1.807, 2.05) is 0 Å². The largest absolute Gasteiger partial charge is 0.452 e. The van der Waals surface area contributed by atoms with Gasteiger partial charge in [-0.25, -0.2) is 18.2 Å². The molecule has 0 saturated carbocycles.